The number of carbonyl (C=O) groups is 1. The number of aromatic carboxylic acids is 1. The van der Waals surface area contributed by atoms with Gasteiger partial charge < -0.3 is 15.6 Å². The minimum absolute atomic E-state index is 0.214. The first-order valence-corrected chi connectivity index (χ1v) is 3.73. The normalized spacial score (nSPS) is 9.69. The van der Waals surface area contributed by atoms with Crippen molar-refractivity contribution in [1.29, 1.82) is 0 Å². The number of aryl methyl sites for hydroxylation is 1. The molecule has 4 heteroatoms. The maximum Gasteiger partial charge on any atom is 0.336 e. The smallest absolute Gasteiger partial charge is 0.336 e. The number of hydrogen-bond acceptors (Lipinski definition) is 3. The summed E-state index contributed by atoms with van der Waals surface area (Å²) in [6.45, 7) is 1.69. The molecule has 0 saturated carbocycles. The lowest BCUT2D eigenvalue weighted by Gasteiger charge is -2.07. The van der Waals surface area contributed by atoms with E-state index in [4.69, 9.17) is 15.6 Å². The van der Waals surface area contributed by atoms with Gasteiger partial charge in [0.25, 0.3) is 0 Å². The molecule has 0 fully saturated rings. The fourth-order valence-corrected chi connectivity index (χ4v) is 1.12. The number of nitrogens with two attached hydrogens (primary N) is 1. The molecule has 0 amide bonds. The predicted molar refractivity (Wildman–Crippen MR) is 49.1 cm³/mol. The minimum atomic E-state index is -0.976. The summed E-state index contributed by atoms with van der Waals surface area (Å²) in [5.74, 6) is -0.584. The largest absolute Gasteiger partial charge is 0.495 e. The Bertz CT molecular complexity index is 347. The number of nitrogen functional groups attached to an aromatic ring is 1. The highest BCUT2D eigenvalue weighted by Crippen LogP contribution is 2.25. The fraction of sp³-hybridized carbons (Fsp3) is 0.222. The lowest BCUT2D eigenvalue weighted by molar-refractivity contribution is 0.0696. The Morgan fingerprint density at radius 2 is 2.15 bits per heavy atom. The van der Waals surface area contributed by atoms with Crippen molar-refractivity contribution in [3.8, 4) is 5.75 Å². The maximum absolute atomic E-state index is 10.7. The first-order chi connectivity index (χ1) is 6.06. The van der Waals surface area contributed by atoms with Crippen molar-refractivity contribution in [3.05, 3.63) is 23.3 Å². The summed E-state index contributed by atoms with van der Waals surface area (Å²) in [7, 11) is 1.45. The highest BCUT2D eigenvalue weighted by molar-refractivity contribution is 5.90. The van der Waals surface area contributed by atoms with E-state index < -0.39 is 5.97 Å². The lowest BCUT2D eigenvalue weighted by Crippen LogP contribution is -2.02. The van der Waals surface area contributed by atoms with E-state index >= 15 is 0 Å². The van der Waals surface area contributed by atoms with Gasteiger partial charge in [-0.3, -0.25) is 0 Å². The molecule has 0 spiro atoms. The number of rotatable bonds is 2. The van der Waals surface area contributed by atoms with Crippen LogP contribution >= 0.6 is 0 Å². The van der Waals surface area contributed by atoms with Gasteiger partial charge in [0, 0.05) is 0 Å². The Hall–Kier alpha value is -1.71. The van der Waals surface area contributed by atoms with Crippen molar-refractivity contribution in [1.82, 2.24) is 0 Å². The van der Waals surface area contributed by atoms with Gasteiger partial charge >= 0.3 is 5.97 Å². The summed E-state index contributed by atoms with van der Waals surface area (Å²) in [6, 6.07) is 3.01. The Kier molecular flexibility index (Phi) is 2.41. The zero-order valence-corrected chi connectivity index (χ0v) is 7.50. The van der Waals surface area contributed by atoms with Crippen LogP contribution in [0, 0.1) is 6.92 Å². The molecule has 0 bridgehead atoms. The number of hydrogen-bond donors (Lipinski definition) is 2. The predicted octanol–water partition coefficient (Wildman–Crippen LogP) is 1.28. The van der Waals surface area contributed by atoms with Crippen molar-refractivity contribution >= 4 is 11.7 Å². The van der Waals surface area contributed by atoms with E-state index in [1.807, 2.05) is 0 Å². The van der Waals surface area contributed by atoms with Gasteiger partial charge in [-0.05, 0) is 24.6 Å². The maximum atomic E-state index is 10.7. The van der Waals surface area contributed by atoms with Gasteiger partial charge in [0.05, 0.1) is 18.4 Å². The summed E-state index contributed by atoms with van der Waals surface area (Å²) >= 11 is 0. The van der Waals surface area contributed by atoms with Gasteiger partial charge in [0.1, 0.15) is 5.75 Å². The van der Waals surface area contributed by atoms with Crippen molar-refractivity contribution in [2.75, 3.05) is 12.8 Å². The molecule has 0 atom stereocenters. The molecule has 0 saturated heterocycles. The SMILES string of the molecule is COc1cc(C(=O)O)c(C)cc1N. The van der Waals surface area contributed by atoms with E-state index in [0.717, 1.165) is 0 Å². The number of methoxy groups -OCH3 is 1. The van der Waals surface area contributed by atoms with E-state index in [2.05, 4.69) is 0 Å². The van der Waals surface area contributed by atoms with E-state index in [1.165, 1.54) is 13.2 Å². The Morgan fingerprint density at radius 3 is 2.62 bits per heavy atom. The van der Waals surface area contributed by atoms with Crippen LogP contribution in [-0.4, -0.2) is 18.2 Å². The topological polar surface area (TPSA) is 72.5 Å². The first kappa shape index (κ1) is 9.38. The summed E-state index contributed by atoms with van der Waals surface area (Å²) < 4.78 is 4.90. The van der Waals surface area contributed by atoms with E-state index in [9.17, 15) is 4.79 Å². The Labute approximate surface area is 75.9 Å². The molecule has 0 radical (unpaired) electrons. The Balaban J connectivity index is 3.30. The van der Waals surface area contributed by atoms with Crippen LogP contribution in [0.3, 0.4) is 0 Å². The number of ether oxygens (including phenoxy) is 1. The van der Waals surface area contributed by atoms with Crippen LogP contribution in [0.1, 0.15) is 15.9 Å². The van der Waals surface area contributed by atoms with E-state index in [1.54, 1.807) is 13.0 Å². The van der Waals surface area contributed by atoms with E-state index in [-0.39, 0.29) is 5.56 Å². The van der Waals surface area contributed by atoms with Crippen molar-refractivity contribution in [3.63, 3.8) is 0 Å². The monoisotopic (exact) mass is 181 g/mol. The molecule has 0 heterocycles. The van der Waals surface area contributed by atoms with Crippen LogP contribution in [0.5, 0.6) is 5.75 Å². The van der Waals surface area contributed by atoms with Crippen molar-refractivity contribution in [2.45, 2.75) is 6.92 Å². The van der Waals surface area contributed by atoms with Gasteiger partial charge in [-0.1, -0.05) is 0 Å². The molecule has 13 heavy (non-hydrogen) atoms. The standard InChI is InChI=1S/C9H11NO3/c1-5-3-7(10)8(13-2)4-6(5)9(11)12/h3-4H,10H2,1-2H3,(H,11,12). The highest BCUT2D eigenvalue weighted by Gasteiger charge is 2.10. The molecule has 0 aliphatic heterocycles. The third-order valence-electron chi connectivity index (χ3n) is 1.81. The quantitative estimate of drug-likeness (QED) is 0.674. The zero-order valence-electron chi connectivity index (χ0n) is 7.50. The Morgan fingerprint density at radius 1 is 1.54 bits per heavy atom. The fourth-order valence-electron chi connectivity index (χ4n) is 1.12. The number of anilines is 1. The van der Waals surface area contributed by atoms with Gasteiger partial charge in [-0.15, -0.1) is 0 Å². The van der Waals surface area contributed by atoms with Crippen LogP contribution in [0.25, 0.3) is 0 Å². The van der Waals surface area contributed by atoms with Gasteiger partial charge in [-0.25, -0.2) is 4.79 Å². The second kappa shape index (κ2) is 3.35. The average molecular weight is 181 g/mol. The summed E-state index contributed by atoms with van der Waals surface area (Å²) in [5.41, 5.74) is 6.88. The molecule has 4 nitrogen and oxygen atoms in total. The van der Waals surface area contributed by atoms with Gasteiger partial charge in [-0.2, -0.15) is 0 Å². The molecule has 0 aliphatic carbocycles. The number of benzene rings is 1. The van der Waals surface area contributed by atoms with Gasteiger partial charge in [0.15, 0.2) is 0 Å². The van der Waals surface area contributed by atoms with Crippen LogP contribution in [0.2, 0.25) is 0 Å². The number of carboxylic acids is 1. The molecule has 1 aromatic carbocycles. The molecule has 1 rings (SSSR count). The first-order valence-electron chi connectivity index (χ1n) is 3.73. The third kappa shape index (κ3) is 1.72. The molecule has 70 valence electrons. The van der Waals surface area contributed by atoms with Crippen molar-refractivity contribution < 1.29 is 14.6 Å². The van der Waals surface area contributed by atoms with Crippen LogP contribution in [0.15, 0.2) is 12.1 Å². The second-order valence-corrected chi connectivity index (χ2v) is 2.71. The molecule has 0 aromatic heterocycles. The minimum Gasteiger partial charge on any atom is -0.495 e. The van der Waals surface area contributed by atoms with E-state index in [0.29, 0.717) is 17.0 Å². The molecular formula is C9H11NO3. The lowest BCUT2D eigenvalue weighted by atomic mass is 10.1. The second-order valence-electron chi connectivity index (χ2n) is 2.71. The number of carboxylic acid groups (broad SMARTS) is 1. The molecule has 0 aliphatic rings. The van der Waals surface area contributed by atoms with Crippen LogP contribution in [-0.2, 0) is 0 Å². The van der Waals surface area contributed by atoms with Crippen molar-refractivity contribution in [2.24, 2.45) is 0 Å². The third-order valence-corrected chi connectivity index (χ3v) is 1.81. The molecule has 3 N–H and O–H groups in total. The summed E-state index contributed by atoms with van der Waals surface area (Å²) in [6.07, 6.45) is 0. The highest BCUT2D eigenvalue weighted by atomic mass is 16.5. The van der Waals surface area contributed by atoms with Gasteiger partial charge in [0.2, 0.25) is 0 Å². The van der Waals surface area contributed by atoms with Crippen LogP contribution in [0.4, 0.5) is 5.69 Å². The summed E-state index contributed by atoms with van der Waals surface area (Å²) in [5, 5.41) is 8.78. The summed E-state index contributed by atoms with van der Waals surface area (Å²) in [4.78, 5) is 10.7. The zero-order chi connectivity index (χ0) is 10.0. The van der Waals surface area contributed by atoms with Crippen LogP contribution < -0.4 is 10.5 Å². The molecule has 0 unspecified atom stereocenters. The average Bonchev–Trinajstić information content (AvgIpc) is 2.03. The molecular weight excluding hydrogens is 170 g/mol. The molecule has 1 aromatic rings.